The number of ether oxygens (including phenoxy) is 1. The van der Waals surface area contributed by atoms with Gasteiger partial charge in [0.05, 0.1) is 11.9 Å². The Morgan fingerprint density at radius 1 is 1.38 bits per heavy atom. The van der Waals surface area contributed by atoms with Gasteiger partial charge in [-0.1, -0.05) is 11.2 Å². The van der Waals surface area contributed by atoms with Crippen molar-refractivity contribution in [2.45, 2.75) is 6.61 Å². The summed E-state index contributed by atoms with van der Waals surface area (Å²) in [7, 11) is 0. The molecule has 3 aromatic rings. The molecule has 0 saturated carbocycles. The highest BCUT2D eigenvalue weighted by molar-refractivity contribution is 14.1. The summed E-state index contributed by atoms with van der Waals surface area (Å²) in [5.41, 5.74) is 0.906. The lowest BCUT2D eigenvalue weighted by atomic mass is 10.2. The van der Waals surface area contributed by atoms with Gasteiger partial charge in [-0.3, -0.25) is 0 Å². The normalized spacial score (nSPS) is 10.7. The van der Waals surface area contributed by atoms with E-state index >= 15 is 0 Å². The third-order valence-electron chi connectivity index (χ3n) is 2.71. The fourth-order valence-corrected chi connectivity index (χ4v) is 2.40. The van der Waals surface area contributed by atoms with E-state index in [0.717, 1.165) is 13.8 Å². The Bertz CT molecular complexity index is 823. The first-order valence-corrected chi connectivity index (χ1v) is 6.89. The minimum Gasteiger partial charge on any atom is -0.472 e. The van der Waals surface area contributed by atoms with Crippen molar-refractivity contribution in [1.29, 1.82) is 0 Å². The van der Waals surface area contributed by atoms with Gasteiger partial charge in [0.2, 0.25) is 5.88 Å². The number of benzene rings is 1. The van der Waals surface area contributed by atoms with Crippen molar-refractivity contribution in [3.63, 3.8) is 0 Å². The number of halogens is 1. The zero-order chi connectivity index (χ0) is 14.8. The van der Waals surface area contributed by atoms with Gasteiger partial charge < -0.3 is 9.94 Å². The molecule has 2 aromatic heterocycles. The topological polar surface area (TPSA) is 111 Å². The van der Waals surface area contributed by atoms with Crippen LogP contribution in [0.5, 0.6) is 5.88 Å². The SMILES string of the molecule is O=c1[nH]nnn1-c1cccc(I)c1COc1ccn(O)n1. The van der Waals surface area contributed by atoms with Gasteiger partial charge in [0, 0.05) is 15.2 Å². The summed E-state index contributed by atoms with van der Waals surface area (Å²) in [4.78, 5) is 12.3. The zero-order valence-corrected chi connectivity index (χ0v) is 12.6. The zero-order valence-electron chi connectivity index (χ0n) is 10.5. The van der Waals surface area contributed by atoms with E-state index in [9.17, 15) is 4.79 Å². The van der Waals surface area contributed by atoms with Crippen LogP contribution in [0.15, 0.2) is 35.3 Å². The number of aromatic nitrogens is 6. The Morgan fingerprint density at radius 2 is 2.24 bits per heavy atom. The van der Waals surface area contributed by atoms with Gasteiger partial charge in [0.1, 0.15) is 6.61 Å². The molecular weight excluding hydrogens is 391 g/mol. The molecule has 0 amide bonds. The molecule has 9 nitrogen and oxygen atoms in total. The Kier molecular flexibility index (Phi) is 3.60. The van der Waals surface area contributed by atoms with E-state index < -0.39 is 5.69 Å². The smallest absolute Gasteiger partial charge is 0.365 e. The van der Waals surface area contributed by atoms with Crippen LogP contribution in [0.1, 0.15) is 5.56 Å². The maximum absolute atomic E-state index is 11.7. The minimum atomic E-state index is -0.433. The first kappa shape index (κ1) is 13.6. The van der Waals surface area contributed by atoms with Crippen LogP contribution in [0.2, 0.25) is 0 Å². The van der Waals surface area contributed by atoms with Gasteiger partial charge in [-0.15, -0.1) is 4.85 Å². The fraction of sp³-hybridized carbons (Fsp3) is 0.0909. The van der Waals surface area contributed by atoms with Gasteiger partial charge in [0.25, 0.3) is 0 Å². The Morgan fingerprint density at radius 3 is 2.90 bits per heavy atom. The van der Waals surface area contributed by atoms with Gasteiger partial charge in [-0.2, -0.15) is 4.68 Å². The second kappa shape index (κ2) is 5.55. The highest BCUT2D eigenvalue weighted by atomic mass is 127. The Labute approximate surface area is 131 Å². The molecule has 0 aliphatic carbocycles. The number of hydrogen-bond acceptors (Lipinski definition) is 6. The average molecular weight is 400 g/mol. The van der Waals surface area contributed by atoms with E-state index in [1.165, 1.54) is 12.3 Å². The van der Waals surface area contributed by atoms with Gasteiger partial charge in [0.15, 0.2) is 0 Å². The van der Waals surface area contributed by atoms with Crippen LogP contribution in [-0.2, 0) is 6.61 Å². The van der Waals surface area contributed by atoms with Gasteiger partial charge >= 0.3 is 5.69 Å². The lowest BCUT2D eigenvalue weighted by Crippen LogP contribution is -2.18. The molecule has 0 unspecified atom stereocenters. The van der Waals surface area contributed by atoms with Crippen molar-refractivity contribution in [1.82, 2.24) is 30.2 Å². The summed E-state index contributed by atoms with van der Waals surface area (Å²) in [6, 6.07) is 6.97. The van der Waals surface area contributed by atoms with Crippen LogP contribution in [-0.4, -0.2) is 35.4 Å². The third kappa shape index (κ3) is 2.74. The van der Waals surface area contributed by atoms with E-state index in [4.69, 9.17) is 9.94 Å². The summed E-state index contributed by atoms with van der Waals surface area (Å²) in [6.07, 6.45) is 1.36. The highest BCUT2D eigenvalue weighted by Crippen LogP contribution is 2.21. The summed E-state index contributed by atoms with van der Waals surface area (Å²) >= 11 is 2.14. The van der Waals surface area contributed by atoms with Crippen LogP contribution in [0.4, 0.5) is 0 Å². The van der Waals surface area contributed by atoms with Crippen LogP contribution in [0.25, 0.3) is 5.69 Å². The van der Waals surface area contributed by atoms with Crippen molar-refractivity contribution in [3.8, 4) is 11.6 Å². The van der Waals surface area contributed by atoms with Crippen molar-refractivity contribution in [2.75, 3.05) is 0 Å². The van der Waals surface area contributed by atoms with Gasteiger partial charge in [-0.25, -0.2) is 9.89 Å². The molecule has 0 radical (unpaired) electrons. The average Bonchev–Trinajstić information content (AvgIpc) is 3.06. The largest absolute Gasteiger partial charge is 0.472 e. The number of tetrazole rings is 1. The summed E-state index contributed by atoms with van der Waals surface area (Å²) in [5.74, 6) is 0.274. The van der Waals surface area contributed by atoms with Crippen molar-refractivity contribution >= 4 is 22.6 Å². The fourth-order valence-electron chi connectivity index (χ4n) is 1.77. The number of nitrogens with zero attached hydrogens (tertiary/aromatic N) is 5. The maximum atomic E-state index is 11.7. The maximum Gasteiger partial charge on any atom is 0.365 e. The van der Waals surface area contributed by atoms with E-state index in [1.54, 1.807) is 6.07 Å². The highest BCUT2D eigenvalue weighted by Gasteiger charge is 2.13. The minimum absolute atomic E-state index is 0.171. The predicted molar refractivity (Wildman–Crippen MR) is 78.4 cm³/mol. The van der Waals surface area contributed by atoms with Crippen molar-refractivity contribution in [2.24, 2.45) is 0 Å². The standard InChI is InChI=1S/C11H9IN6O3/c12-8-2-1-3-9(18-11(19)13-15-16-18)7(8)6-21-10-4-5-17(20)14-10/h1-5,20H,6H2,(H,13,16,19). The summed E-state index contributed by atoms with van der Waals surface area (Å²) < 4.78 is 7.57. The molecule has 108 valence electrons. The second-order valence-corrected chi connectivity index (χ2v) is 5.18. The monoisotopic (exact) mass is 400 g/mol. The number of hydrogen-bond donors (Lipinski definition) is 2. The second-order valence-electron chi connectivity index (χ2n) is 4.02. The quantitative estimate of drug-likeness (QED) is 0.490. The molecule has 0 fully saturated rings. The molecule has 0 aliphatic rings. The van der Waals surface area contributed by atoms with Crippen molar-refractivity contribution < 1.29 is 9.94 Å². The lowest BCUT2D eigenvalue weighted by Gasteiger charge is -2.10. The molecular formula is C11H9IN6O3. The molecule has 0 atom stereocenters. The molecule has 0 spiro atoms. The van der Waals surface area contributed by atoms with Crippen LogP contribution >= 0.6 is 22.6 Å². The molecule has 10 heteroatoms. The molecule has 0 aliphatic heterocycles. The first-order chi connectivity index (χ1) is 10.1. The van der Waals surface area contributed by atoms with E-state index in [0.29, 0.717) is 10.5 Å². The predicted octanol–water partition coefficient (Wildman–Crippen LogP) is 0.573. The van der Waals surface area contributed by atoms with E-state index in [1.807, 2.05) is 12.1 Å². The Hall–Kier alpha value is -2.37. The molecule has 0 saturated heterocycles. The number of nitrogens with one attached hydrogen (secondary N) is 1. The molecule has 1 aromatic carbocycles. The third-order valence-corrected chi connectivity index (χ3v) is 3.72. The molecule has 2 N–H and O–H groups in total. The molecule has 21 heavy (non-hydrogen) atoms. The van der Waals surface area contributed by atoms with Crippen LogP contribution < -0.4 is 10.4 Å². The first-order valence-electron chi connectivity index (χ1n) is 5.81. The van der Waals surface area contributed by atoms with Crippen molar-refractivity contribution in [3.05, 3.63) is 50.1 Å². The van der Waals surface area contributed by atoms with Crippen LogP contribution in [0, 0.1) is 3.57 Å². The number of H-pyrrole nitrogens is 1. The Balaban J connectivity index is 1.94. The molecule has 0 bridgehead atoms. The van der Waals surface area contributed by atoms with E-state index in [2.05, 4.69) is 43.2 Å². The number of aromatic amines is 1. The number of rotatable bonds is 4. The van der Waals surface area contributed by atoms with Gasteiger partial charge in [-0.05, 0) is 45.2 Å². The summed E-state index contributed by atoms with van der Waals surface area (Å²) in [6.45, 7) is 0.171. The molecule has 3 rings (SSSR count). The lowest BCUT2D eigenvalue weighted by molar-refractivity contribution is 0.141. The van der Waals surface area contributed by atoms with E-state index in [-0.39, 0.29) is 12.5 Å². The summed E-state index contributed by atoms with van der Waals surface area (Å²) in [5, 5.41) is 22.3. The van der Waals surface area contributed by atoms with Crippen LogP contribution in [0.3, 0.4) is 0 Å². The molecule has 2 heterocycles.